The number of aromatic nitrogens is 1. The maximum Gasteiger partial charge on any atom is 0.323 e. The molecule has 0 saturated heterocycles. The summed E-state index contributed by atoms with van der Waals surface area (Å²) in [6.45, 7) is 1.16. The normalized spacial score (nSPS) is 16.9. The average Bonchev–Trinajstić information content (AvgIpc) is 2.91. The lowest BCUT2D eigenvalue weighted by molar-refractivity contribution is -0.137. The van der Waals surface area contributed by atoms with E-state index in [0.717, 1.165) is 12.1 Å². The third kappa shape index (κ3) is 3.58. The number of hydrogen-bond acceptors (Lipinski definition) is 3. The van der Waals surface area contributed by atoms with Crippen LogP contribution in [0.2, 0.25) is 0 Å². The lowest BCUT2D eigenvalue weighted by atomic mass is 9.97. The van der Waals surface area contributed by atoms with E-state index in [4.69, 9.17) is 0 Å². The van der Waals surface area contributed by atoms with Crippen molar-refractivity contribution in [3.63, 3.8) is 0 Å². The van der Waals surface area contributed by atoms with Crippen LogP contribution in [0.5, 0.6) is 0 Å². The van der Waals surface area contributed by atoms with Crippen molar-refractivity contribution in [1.82, 2.24) is 4.57 Å². The predicted octanol–water partition coefficient (Wildman–Crippen LogP) is 4.17. The summed E-state index contributed by atoms with van der Waals surface area (Å²) in [6, 6.07) is 5.19. The molecular formula is C21H17F4NO4S. The van der Waals surface area contributed by atoms with E-state index >= 15 is 0 Å². The molecular weight excluding hydrogens is 438 g/mol. The van der Waals surface area contributed by atoms with Crippen LogP contribution in [0.3, 0.4) is 0 Å². The molecule has 1 aliphatic heterocycles. The highest BCUT2D eigenvalue weighted by atomic mass is 32.2. The number of alkyl halides is 2. The van der Waals surface area contributed by atoms with Crippen LogP contribution in [0.1, 0.15) is 28.8 Å². The maximum atomic E-state index is 14.8. The van der Waals surface area contributed by atoms with Crippen molar-refractivity contribution < 1.29 is 35.9 Å². The van der Waals surface area contributed by atoms with Crippen LogP contribution in [-0.2, 0) is 33.5 Å². The molecule has 0 aliphatic carbocycles. The highest BCUT2D eigenvalue weighted by Crippen LogP contribution is 2.42. The quantitative estimate of drug-likeness (QED) is 0.599. The number of aliphatic carboxylic acids is 1. The molecule has 164 valence electrons. The number of carbonyl (C=O) groups is 1. The first-order chi connectivity index (χ1) is 14.4. The Labute approximate surface area is 174 Å². The highest BCUT2D eigenvalue weighted by Gasteiger charge is 2.43. The van der Waals surface area contributed by atoms with Crippen LogP contribution in [0.25, 0.3) is 10.9 Å². The van der Waals surface area contributed by atoms with Gasteiger partial charge in [-0.05, 0) is 48.4 Å². The van der Waals surface area contributed by atoms with Gasteiger partial charge in [0.05, 0.1) is 10.6 Å². The number of carboxylic acids is 1. The van der Waals surface area contributed by atoms with Crippen molar-refractivity contribution in [3.05, 3.63) is 64.4 Å². The zero-order valence-electron chi connectivity index (χ0n) is 16.3. The highest BCUT2D eigenvalue weighted by molar-refractivity contribution is 7.91. The number of hydrogen-bond donors (Lipinski definition) is 1. The number of sulfone groups is 1. The molecule has 1 aliphatic rings. The topological polar surface area (TPSA) is 76.4 Å². The summed E-state index contributed by atoms with van der Waals surface area (Å²) in [4.78, 5) is 10.5. The van der Waals surface area contributed by atoms with Gasteiger partial charge in [-0.3, -0.25) is 4.79 Å². The monoisotopic (exact) mass is 455 g/mol. The summed E-state index contributed by atoms with van der Waals surface area (Å²) in [5, 5.41) is 9.52. The molecule has 0 radical (unpaired) electrons. The summed E-state index contributed by atoms with van der Waals surface area (Å²) in [5.41, 5.74) is 0.254. The number of halogens is 4. The lowest BCUT2D eigenvalue weighted by Gasteiger charge is -2.26. The average molecular weight is 455 g/mol. The second-order valence-electron chi connectivity index (χ2n) is 7.60. The van der Waals surface area contributed by atoms with E-state index in [1.54, 1.807) is 6.92 Å². The molecule has 5 nitrogen and oxygen atoms in total. The van der Waals surface area contributed by atoms with Gasteiger partial charge in [-0.25, -0.2) is 26.0 Å². The molecule has 0 amide bonds. The molecule has 0 saturated carbocycles. The van der Waals surface area contributed by atoms with Crippen molar-refractivity contribution in [2.75, 3.05) is 5.75 Å². The standard InChI is InChI=1S/C21H17F4NO4S/c1-11-14(15-8-13(22)2-3-18(15)26(11)10-20(27)28)6-12-7-16-19(9-17(12)23)31(29,30)5-4-21(16,24)25/h2-3,7-9H,4-6,10H2,1H3,(H,27,28). The van der Waals surface area contributed by atoms with Crippen LogP contribution in [-0.4, -0.2) is 29.8 Å². The van der Waals surface area contributed by atoms with E-state index in [0.29, 0.717) is 28.2 Å². The van der Waals surface area contributed by atoms with Gasteiger partial charge in [0.2, 0.25) is 0 Å². The molecule has 10 heteroatoms. The largest absolute Gasteiger partial charge is 0.480 e. The van der Waals surface area contributed by atoms with Gasteiger partial charge in [0.25, 0.3) is 5.92 Å². The fourth-order valence-corrected chi connectivity index (χ4v) is 5.63. The van der Waals surface area contributed by atoms with Crippen molar-refractivity contribution >= 4 is 26.7 Å². The molecule has 0 atom stereocenters. The molecule has 0 fully saturated rings. The van der Waals surface area contributed by atoms with Gasteiger partial charge in [0.1, 0.15) is 18.2 Å². The van der Waals surface area contributed by atoms with Crippen molar-refractivity contribution in [1.29, 1.82) is 0 Å². The Morgan fingerprint density at radius 3 is 2.58 bits per heavy atom. The first-order valence-corrected chi connectivity index (χ1v) is 11.0. The van der Waals surface area contributed by atoms with Crippen LogP contribution in [0, 0.1) is 18.6 Å². The predicted molar refractivity (Wildman–Crippen MR) is 104 cm³/mol. The summed E-state index contributed by atoms with van der Waals surface area (Å²) in [7, 11) is -4.02. The Hall–Kier alpha value is -2.88. The van der Waals surface area contributed by atoms with Gasteiger partial charge in [0.15, 0.2) is 9.84 Å². The molecule has 2 heterocycles. The van der Waals surface area contributed by atoms with Crippen molar-refractivity contribution in [2.45, 2.75) is 37.1 Å². The SMILES string of the molecule is Cc1c(Cc2cc3c(cc2F)S(=O)(=O)CCC3(F)F)c2cc(F)ccc2n1CC(=O)O. The Balaban J connectivity index is 1.90. The second-order valence-corrected chi connectivity index (χ2v) is 9.67. The van der Waals surface area contributed by atoms with Crippen molar-refractivity contribution in [3.8, 4) is 0 Å². The summed E-state index contributed by atoms with van der Waals surface area (Å²) in [6.07, 6.45) is -1.14. The molecule has 2 aromatic carbocycles. The number of carboxylic acid groups (broad SMARTS) is 1. The van der Waals surface area contributed by atoms with Gasteiger partial charge >= 0.3 is 5.97 Å². The molecule has 4 rings (SSSR count). The lowest BCUT2D eigenvalue weighted by Crippen LogP contribution is -2.28. The van der Waals surface area contributed by atoms with Crippen LogP contribution < -0.4 is 0 Å². The van der Waals surface area contributed by atoms with E-state index in [9.17, 15) is 35.9 Å². The third-order valence-corrected chi connectivity index (χ3v) is 7.39. The van der Waals surface area contributed by atoms with Gasteiger partial charge in [0, 0.05) is 35.0 Å². The summed E-state index contributed by atoms with van der Waals surface area (Å²) in [5.74, 6) is -6.91. The Bertz CT molecular complexity index is 1350. The summed E-state index contributed by atoms with van der Waals surface area (Å²) < 4.78 is 83.2. The number of benzene rings is 2. The minimum atomic E-state index is -4.02. The Morgan fingerprint density at radius 2 is 1.90 bits per heavy atom. The zero-order valence-corrected chi connectivity index (χ0v) is 17.1. The van der Waals surface area contributed by atoms with Crippen LogP contribution in [0.4, 0.5) is 17.6 Å². The number of nitrogens with zero attached hydrogens (tertiary/aromatic N) is 1. The van der Waals surface area contributed by atoms with Gasteiger partial charge < -0.3 is 9.67 Å². The second kappa shape index (κ2) is 7.08. The van der Waals surface area contributed by atoms with Crippen LogP contribution in [0.15, 0.2) is 35.2 Å². The summed E-state index contributed by atoms with van der Waals surface area (Å²) >= 11 is 0. The third-order valence-electron chi connectivity index (χ3n) is 5.64. The fourth-order valence-electron chi connectivity index (χ4n) is 4.06. The molecule has 31 heavy (non-hydrogen) atoms. The zero-order chi connectivity index (χ0) is 22.7. The Kier molecular flexibility index (Phi) is 4.88. The van der Waals surface area contributed by atoms with Gasteiger partial charge in [-0.15, -0.1) is 0 Å². The molecule has 1 N–H and O–H groups in total. The van der Waals surface area contributed by atoms with E-state index in [2.05, 4.69) is 0 Å². The minimum Gasteiger partial charge on any atom is -0.480 e. The van der Waals surface area contributed by atoms with E-state index in [-0.39, 0.29) is 12.0 Å². The first kappa shape index (κ1) is 21.4. The van der Waals surface area contributed by atoms with E-state index in [1.165, 1.54) is 16.7 Å². The van der Waals surface area contributed by atoms with Gasteiger partial charge in [-0.2, -0.15) is 0 Å². The first-order valence-electron chi connectivity index (χ1n) is 9.33. The number of fused-ring (bicyclic) bond motifs is 2. The molecule has 0 spiro atoms. The van der Waals surface area contributed by atoms with Crippen LogP contribution >= 0.6 is 0 Å². The smallest absolute Gasteiger partial charge is 0.323 e. The Morgan fingerprint density at radius 1 is 1.19 bits per heavy atom. The number of rotatable bonds is 4. The van der Waals surface area contributed by atoms with Crippen molar-refractivity contribution in [2.24, 2.45) is 0 Å². The fraction of sp³-hybridized carbons (Fsp3) is 0.286. The van der Waals surface area contributed by atoms with E-state index in [1.807, 2.05) is 0 Å². The van der Waals surface area contributed by atoms with E-state index < -0.39 is 62.5 Å². The molecule has 3 aromatic rings. The van der Waals surface area contributed by atoms with Gasteiger partial charge in [-0.1, -0.05) is 0 Å². The minimum absolute atomic E-state index is 0.183. The molecule has 1 aromatic heterocycles. The molecule has 0 unspecified atom stereocenters. The molecule has 0 bridgehead atoms. The maximum absolute atomic E-state index is 14.8.